The zero-order chi connectivity index (χ0) is 21.2. The third-order valence-corrected chi connectivity index (χ3v) is 7.25. The maximum absolute atomic E-state index is 13.7. The lowest BCUT2D eigenvalue weighted by atomic mass is 9.98. The number of rotatable bonds is 5. The van der Waals surface area contributed by atoms with Gasteiger partial charge in [-0.15, -0.1) is 0 Å². The van der Waals surface area contributed by atoms with E-state index in [4.69, 9.17) is 4.74 Å². The number of halogens is 1. The first-order valence-electron chi connectivity index (χ1n) is 9.45. The summed E-state index contributed by atoms with van der Waals surface area (Å²) in [5.74, 6) is -1.29. The van der Waals surface area contributed by atoms with Crippen LogP contribution in [0.25, 0.3) is 0 Å². The minimum atomic E-state index is -3.99. The molecule has 0 saturated carbocycles. The molecule has 8 heteroatoms. The summed E-state index contributed by atoms with van der Waals surface area (Å²) in [4.78, 5) is 12.6. The molecule has 3 rings (SSSR count). The number of amides is 1. The fourth-order valence-electron chi connectivity index (χ4n) is 3.49. The lowest BCUT2D eigenvalue weighted by Crippen LogP contribution is -2.43. The molecular formula is C21H25FN2O4S. The van der Waals surface area contributed by atoms with Crippen LogP contribution in [0.15, 0.2) is 41.3 Å². The number of methoxy groups -OCH3 is 1. The Bertz CT molecular complexity index is 1020. The van der Waals surface area contributed by atoms with Gasteiger partial charge in [0.1, 0.15) is 16.5 Å². The van der Waals surface area contributed by atoms with E-state index >= 15 is 0 Å². The predicted octanol–water partition coefficient (Wildman–Crippen LogP) is 3.49. The Kier molecular flexibility index (Phi) is 6.24. The van der Waals surface area contributed by atoms with Gasteiger partial charge in [0, 0.05) is 18.8 Å². The summed E-state index contributed by atoms with van der Waals surface area (Å²) >= 11 is 0. The average Bonchev–Trinajstić information content (AvgIpc) is 2.71. The fourth-order valence-corrected chi connectivity index (χ4v) is 5.18. The van der Waals surface area contributed by atoms with Crippen molar-refractivity contribution in [2.45, 2.75) is 31.6 Å². The van der Waals surface area contributed by atoms with Crippen LogP contribution in [0.2, 0.25) is 0 Å². The lowest BCUT2D eigenvalue weighted by molar-refractivity contribution is -0.120. The molecule has 2 aromatic carbocycles. The first-order valence-corrected chi connectivity index (χ1v) is 10.9. The molecule has 1 heterocycles. The number of carbonyl (C=O) groups is 1. The Hall–Kier alpha value is -2.45. The largest absolute Gasteiger partial charge is 0.495 e. The number of anilines is 1. The Morgan fingerprint density at radius 2 is 2.00 bits per heavy atom. The van der Waals surface area contributed by atoms with Gasteiger partial charge in [-0.3, -0.25) is 4.79 Å². The third-order valence-electron chi connectivity index (χ3n) is 5.36. The van der Waals surface area contributed by atoms with Crippen molar-refractivity contribution in [1.82, 2.24) is 4.31 Å². The van der Waals surface area contributed by atoms with Crippen molar-refractivity contribution in [2.75, 3.05) is 25.5 Å². The first kappa shape index (κ1) is 21.3. The van der Waals surface area contributed by atoms with Crippen LogP contribution in [0.4, 0.5) is 10.1 Å². The number of hydrogen-bond acceptors (Lipinski definition) is 4. The summed E-state index contributed by atoms with van der Waals surface area (Å²) in [6, 6.07) is 9.05. The standard InChI is InChI=1S/C21H25FN2O4S/c1-14-6-4-8-18(15(14)2)23-21(25)16-7-5-11-24(13-16)29(26,27)20-12-17(22)9-10-19(20)28-3/h4,6,8-10,12,16H,5,7,11,13H2,1-3H3,(H,23,25). The second-order valence-corrected chi connectivity index (χ2v) is 9.14. The quantitative estimate of drug-likeness (QED) is 0.803. The Balaban J connectivity index is 1.80. The van der Waals surface area contributed by atoms with E-state index < -0.39 is 21.8 Å². The molecule has 1 saturated heterocycles. The van der Waals surface area contributed by atoms with Gasteiger partial charge in [-0.05, 0) is 62.1 Å². The number of ether oxygens (including phenoxy) is 1. The smallest absolute Gasteiger partial charge is 0.246 e. The molecule has 6 nitrogen and oxygen atoms in total. The van der Waals surface area contributed by atoms with Gasteiger partial charge in [0.2, 0.25) is 15.9 Å². The van der Waals surface area contributed by atoms with Crippen LogP contribution >= 0.6 is 0 Å². The van der Waals surface area contributed by atoms with Gasteiger partial charge < -0.3 is 10.1 Å². The predicted molar refractivity (Wildman–Crippen MR) is 109 cm³/mol. The van der Waals surface area contributed by atoms with E-state index in [0.717, 1.165) is 28.9 Å². The molecule has 1 atom stereocenters. The van der Waals surface area contributed by atoms with E-state index in [1.807, 2.05) is 32.0 Å². The van der Waals surface area contributed by atoms with Crippen molar-refractivity contribution < 1.29 is 22.3 Å². The van der Waals surface area contributed by atoms with Crippen LogP contribution in [0, 0.1) is 25.6 Å². The number of nitrogens with zero attached hydrogens (tertiary/aromatic N) is 1. The number of carbonyl (C=O) groups excluding carboxylic acids is 1. The van der Waals surface area contributed by atoms with E-state index in [2.05, 4.69) is 5.32 Å². The fraction of sp³-hybridized carbons (Fsp3) is 0.381. The molecular weight excluding hydrogens is 395 g/mol. The van der Waals surface area contributed by atoms with E-state index in [1.54, 1.807) is 0 Å². The molecule has 1 aliphatic heterocycles. The number of hydrogen-bond donors (Lipinski definition) is 1. The second kappa shape index (κ2) is 8.51. The Morgan fingerprint density at radius 1 is 1.24 bits per heavy atom. The molecule has 1 fully saturated rings. The maximum Gasteiger partial charge on any atom is 0.246 e. The second-order valence-electron chi connectivity index (χ2n) is 7.23. The van der Waals surface area contributed by atoms with Crippen LogP contribution in [0.3, 0.4) is 0 Å². The van der Waals surface area contributed by atoms with Gasteiger partial charge in [-0.1, -0.05) is 12.1 Å². The van der Waals surface area contributed by atoms with E-state index in [-0.39, 0.29) is 29.6 Å². The van der Waals surface area contributed by atoms with Crippen LogP contribution < -0.4 is 10.1 Å². The minimum absolute atomic E-state index is 0.0404. The minimum Gasteiger partial charge on any atom is -0.495 e. The molecule has 156 valence electrons. The van der Waals surface area contributed by atoms with Gasteiger partial charge in [0.25, 0.3) is 0 Å². The Morgan fingerprint density at radius 3 is 2.72 bits per heavy atom. The number of piperidine rings is 1. The lowest BCUT2D eigenvalue weighted by Gasteiger charge is -2.31. The molecule has 0 spiro atoms. The van der Waals surface area contributed by atoms with Gasteiger partial charge in [-0.25, -0.2) is 12.8 Å². The van der Waals surface area contributed by atoms with Gasteiger partial charge in [-0.2, -0.15) is 4.31 Å². The van der Waals surface area contributed by atoms with Crippen LogP contribution in [-0.4, -0.2) is 38.8 Å². The van der Waals surface area contributed by atoms with Crippen molar-refractivity contribution in [1.29, 1.82) is 0 Å². The van der Waals surface area contributed by atoms with Crippen molar-refractivity contribution >= 4 is 21.6 Å². The van der Waals surface area contributed by atoms with Gasteiger partial charge in [0.15, 0.2) is 0 Å². The summed E-state index contributed by atoms with van der Waals surface area (Å²) in [6.45, 7) is 4.21. The zero-order valence-corrected chi connectivity index (χ0v) is 17.6. The monoisotopic (exact) mass is 420 g/mol. The van der Waals surface area contributed by atoms with Crippen molar-refractivity contribution in [3.05, 3.63) is 53.3 Å². The summed E-state index contributed by atoms with van der Waals surface area (Å²) < 4.78 is 46.2. The highest BCUT2D eigenvalue weighted by Crippen LogP contribution is 2.31. The van der Waals surface area contributed by atoms with E-state index in [9.17, 15) is 17.6 Å². The molecule has 1 aliphatic rings. The normalized spacial score (nSPS) is 17.7. The van der Waals surface area contributed by atoms with Crippen LogP contribution in [0.1, 0.15) is 24.0 Å². The summed E-state index contributed by atoms with van der Waals surface area (Å²) in [7, 11) is -2.66. The number of nitrogens with one attached hydrogen (secondary N) is 1. The Labute approximate surface area is 170 Å². The van der Waals surface area contributed by atoms with Gasteiger partial charge in [0.05, 0.1) is 13.0 Å². The van der Waals surface area contributed by atoms with E-state index in [1.165, 1.54) is 17.5 Å². The zero-order valence-electron chi connectivity index (χ0n) is 16.7. The highest BCUT2D eigenvalue weighted by molar-refractivity contribution is 7.89. The number of aryl methyl sites for hydroxylation is 1. The molecule has 1 amide bonds. The number of benzene rings is 2. The molecule has 0 bridgehead atoms. The molecule has 1 N–H and O–H groups in total. The summed E-state index contributed by atoms with van der Waals surface area (Å²) in [5.41, 5.74) is 2.77. The molecule has 29 heavy (non-hydrogen) atoms. The first-order chi connectivity index (χ1) is 13.7. The van der Waals surface area contributed by atoms with Crippen LogP contribution in [-0.2, 0) is 14.8 Å². The molecule has 0 aliphatic carbocycles. The molecule has 1 unspecified atom stereocenters. The average molecular weight is 421 g/mol. The van der Waals surface area contributed by atoms with E-state index in [0.29, 0.717) is 12.8 Å². The van der Waals surface area contributed by atoms with Crippen molar-refractivity contribution in [2.24, 2.45) is 5.92 Å². The highest BCUT2D eigenvalue weighted by atomic mass is 32.2. The number of sulfonamides is 1. The summed E-state index contributed by atoms with van der Waals surface area (Å²) in [5, 5.41) is 2.92. The maximum atomic E-state index is 13.7. The topological polar surface area (TPSA) is 75.7 Å². The highest BCUT2D eigenvalue weighted by Gasteiger charge is 2.35. The van der Waals surface area contributed by atoms with Gasteiger partial charge >= 0.3 is 0 Å². The molecule has 0 radical (unpaired) electrons. The SMILES string of the molecule is COc1ccc(F)cc1S(=O)(=O)N1CCCC(C(=O)Nc2cccc(C)c2C)C1. The van der Waals surface area contributed by atoms with Crippen molar-refractivity contribution in [3.8, 4) is 5.75 Å². The summed E-state index contributed by atoms with van der Waals surface area (Å²) in [6.07, 6.45) is 1.13. The van der Waals surface area contributed by atoms with Crippen LogP contribution in [0.5, 0.6) is 5.75 Å². The van der Waals surface area contributed by atoms with Crippen molar-refractivity contribution in [3.63, 3.8) is 0 Å². The molecule has 0 aromatic heterocycles. The third kappa shape index (κ3) is 4.43. The molecule has 2 aromatic rings.